The predicted octanol–water partition coefficient (Wildman–Crippen LogP) is 4.57. The molecule has 166 valence electrons. The van der Waals surface area contributed by atoms with Crippen molar-refractivity contribution in [1.82, 2.24) is 10.3 Å². The molecule has 0 aliphatic carbocycles. The van der Waals surface area contributed by atoms with Crippen LogP contribution < -0.4 is 10.6 Å². The number of benzene rings is 2. The molecule has 1 aliphatic rings. The van der Waals surface area contributed by atoms with E-state index < -0.39 is 17.7 Å². The molecule has 0 radical (unpaired) electrons. The van der Waals surface area contributed by atoms with E-state index in [4.69, 9.17) is 5.11 Å². The summed E-state index contributed by atoms with van der Waals surface area (Å²) in [5.74, 6) is -2.02. The smallest absolute Gasteiger partial charge is 0.310 e. The van der Waals surface area contributed by atoms with Gasteiger partial charge in [-0.1, -0.05) is 42.5 Å². The van der Waals surface area contributed by atoms with Crippen LogP contribution >= 0.6 is 0 Å². The largest absolute Gasteiger partial charge is 0.481 e. The second-order valence-electron chi connectivity index (χ2n) is 8.35. The van der Waals surface area contributed by atoms with Gasteiger partial charge in [0.2, 0.25) is 0 Å². The molecule has 0 saturated carbocycles. The monoisotopic (exact) mass is 433 g/mol. The van der Waals surface area contributed by atoms with Crippen LogP contribution in [0, 0.1) is 11.7 Å². The third-order valence-corrected chi connectivity index (χ3v) is 6.21. The molecule has 0 bridgehead atoms. The van der Waals surface area contributed by atoms with Crippen molar-refractivity contribution >= 4 is 11.7 Å². The predicted molar refractivity (Wildman–Crippen MR) is 123 cm³/mol. The summed E-state index contributed by atoms with van der Waals surface area (Å²) >= 11 is 0. The van der Waals surface area contributed by atoms with E-state index in [2.05, 4.69) is 33.8 Å². The van der Waals surface area contributed by atoms with Crippen LogP contribution in [0.5, 0.6) is 0 Å². The lowest BCUT2D eigenvalue weighted by molar-refractivity contribution is -0.138. The number of hydrogen-bond acceptors (Lipinski definition) is 4. The minimum Gasteiger partial charge on any atom is -0.481 e. The molecule has 3 aromatic rings. The van der Waals surface area contributed by atoms with Crippen LogP contribution in [0.2, 0.25) is 0 Å². The zero-order valence-corrected chi connectivity index (χ0v) is 18.1. The van der Waals surface area contributed by atoms with E-state index in [1.165, 1.54) is 18.6 Å². The Hall–Kier alpha value is -3.25. The van der Waals surface area contributed by atoms with Crippen molar-refractivity contribution < 1.29 is 14.3 Å². The molecule has 0 saturated heterocycles. The zero-order valence-electron chi connectivity index (χ0n) is 18.1. The molecule has 0 amide bonds. The molecule has 3 atom stereocenters. The Morgan fingerprint density at radius 3 is 2.78 bits per heavy atom. The van der Waals surface area contributed by atoms with Crippen LogP contribution in [0.4, 0.5) is 10.1 Å². The van der Waals surface area contributed by atoms with Gasteiger partial charge in [-0.25, -0.2) is 4.39 Å². The van der Waals surface area contributed by atoms with Crippen molar-refractivity contribution in [3.8, 4) is 0 Å². The molecular weight excluding hydrogens is 405 g/mol. The maximum atomic E-state index is 14.4. The molecule has 0 spiro atoms. The van der Waals surface area contributed by atoms with Crippen LogP contribution in [0.25, 0.3) is 0 Å². The first-order chi connectivity index (χ1) is 15.5. The minimum atomic E-state index is -1.03. The molecule has 6 heteroatoms. The van der Waals surface area contributed by atoms with Gasteiger partial charge in [0.1, 0.15) is 5.82 Å². The summed E-state index contributed by atoms with van der Waals surface area (Å²) in [5, 5.41) is 16.3. The number of aliphatic carboxylic acids is 1. The quantitative estimate of drug-likeness (QED) is 0.485. The lowest BCUT2D eigenvalue weighted by atomic mass is 9.86. The Labute approximate surface area is 187 Å². The second kappa shape index (κ2) is 9.92. The minimum absolute atomic E-state index is 0.134. The lowest BCUT2D eigenvalue weighted by Crippen LogP contribution is -2.37. The Bertz CT molecular complexity index is 1070. The molecule has 1 aromatic heterocycles. The number of halogens is 1. The first-order valence-electron chi connectivity index (χ1n) is 11.0. The standard InChI is InChI=1S/C26H28FN3O2/c1-17(26(31)32)21-10-9-18(14-22(21)27)11-13-29-25(19-6-3-2-4-7-19)20-15-24-23(30-16-20)8-5-12-28-24/h2-10,12,14,17,20,25,29-30H,11,13,15-16H2,1H3,(H,31,32)/t17-,20+,25+/m0/s1. The van der Waals surface area contributed by atoms with E-state index in [1.54, 1.807) is 6.07 Å². The fourth-order valence-corrected chi connectivity index (χ4v) is 4.36. The SMILES string of the molecule is C[C@H](C(=O)O)c1ccc(CCN[C@H](c2ccccc2)[C@H]2CNc3cccnc3C2)cc1F. The van der Waals surface area contributed by atoms with Gasteiger partial charge in [-0.2, -0.15) is 0 Å². The molecule has 0 fully saturated rings. The lowest BCUT2D eigenvalue weighted by Gasteiger charge is -2.33. The number of carboxylic acids is 1. The highest BCUT2D eigenvalue weighted by molar-refractivity contribution is 5.75. The Balaban J connectivity index is 1.45. The van der Waals surface area contributed by atoms with Gasteiger partial charge in [-0.05, 0) is 55.6 Å². The van der Waals surface area contributed by atoms with Crippen molar-refractivity contribution in [2.45, 2.75) is 31.7 Å². The van der Waals surface area contributed by atoms with Crippen molar-refractivity contribution in [3.63, 3.8) is 0 Å². The number of aromatic nitrogens is 1. The van der Waals surface area contributed by atoms with Gasteiger partial charge in [0.05, 0.1) is 17.3 Å². The number of carboxylic acid groups (broad SMARTS) is 1. The first-order valence-corrected chi connectivity index (χ1v) is 11.0. The summed E-state index contributed by atoms with van der Waals surface area (Å²) in [5.41, 5.74) is 4.46. The third-order valence-electron chi connectivity index (χ3n) is 6.21. The molecule has 2 heterocycles. The molecule has 32 heavy (non-hydrogen) atoms. The number of hydrogen-bond donors (Lipinski definition) is 3. The second-order valence-corrected chi connectivity index (χ2v) is 8.35. The van der Waals surface area contributed by atoms with E-state index >= 15 is 0 Å². The van der Waals surface area contributed by atoms with Gasteiger partial charge in [0.15, 0.2) is 0 Å². The van der Waals surface area contributed by atoms with Gasteiger partial charge in [-0.3, -0.25) is 9.78 Å². The fraction of sp³-hybridized carbons (Fsp3) is 0.308. The number of anilines is 1. The van der Waals surface area contributed by atoms with E-state index in [9.17, 15) is 9.18 Å². The molecule has 0 unspecified atom stereocenters. The van der Waals surface area contributed by atoms with Crippen LogP contribution in [-0.4, -0.2) is 29.1 Å². The number of pyridine rings is 1. The molecule has 3 N–H and O–H groups in total. The van der Waals surface area contributed by atoms with Crippen molar-refractivity contribution in [1.29, 1.82) is 0 Å². The van der Waals surface area contributed by atoms with Gasteiger partial charge < -0.3 is 15.7 Å². The zero-order chi connectivity index (χ0) is 22.5. The molecular formula is C26H28FN3O2. The molecule has 4 rings (SSSR count). The van der Waals surface area contributed by atoms with Crippen molar-refractivity contribution in [2.24, 2.45) is 5.92 Å². The highest BCUT2D eigenvalue weighted by Gasteiger charge is 2.27. The van der Waals surface area contributed by atoms with Crippen LogP contribution in [0.1, 0.15) is 41.3 Å². The maximum Gasteiger partial charge on any atom is 0.310 e. The van der Waals surface area contributed by atoms with Gasteiger partial charge in [0, 0.05) is 30.3 Å². The van der Waals surface area contributed by atoms with E-state index in [1.807, 2.05) is 36.5 Å². The Morgan fingerprint density at radius 2 is 2.03 bits per heavy atom. The summed E-state index contributed by atoms with van der Waals surface area (Å²) in [6.07, 6.45) is 3.36. The summed E-state index contributed by atoms with van der Waals surface area (Å²) in [6, 6.07) is 19.4. The fourth-order valence-electron chi connectivity index (χ4n) is 4.36. The normalized spacial score (nSPS) is 17.1. The molecule has 5 nitrogen and oxygen atoms in total. The topological polar surface area (TPSA) is 74.2 Å². The first kappa shape index (κ1) is 22.0. The average Bonchev–Trinajstić information content (AvgIpc) is 2.82. The third kappa shape index (κ3) is 4.97. The highest BCUT2D eigenvalue weighted by Crippen LogP contribution is 2.31. The summed E-state index contributed by atoms with van der Waals surface area (Å²) < 4.78 is 14.4. The van der Waals surface area contributed by atoms with Crippen molar-refractivity contribution in [2.75, 3.05) is 18.4 Å². The van der Waals surface area contributed by atoms with Crippen LogP contribution in [0.15, 0.2) is 66.9 Å². The molecule has 2 aromatic carbocycles. The number of nitrogens with one attached hydrogen (secondary N) is 2. The van der Waals surface area contributed by atoms with Gasteiger partial charge in [-0.15, -0.1) is 0 Å². The summed E-state index contributed by atoms with van der Waals surface area (Å²) in [4.78, 5) is 15.7. The summed E-state index contributed by atoms with van der Waals surface area (Å²) in [6.45, 7) is 3.03. The average molecular weight is 434 g/mol. The van der Waals surface area contributed by atoms with Crippen molar-refractivity contribution in [3.05, 3.63) is 95.1 Å². The number of rotatable bonds is 8. The van der Waals surface area contributed by atoms with E-state index in [-0.39, 0.29) is 11.6 Å². The highest BCUT2D eigenvalue weighted by atomic mass is 19.1. The van der Waals surface area contributed by atoms with Gasteiger partial charge in [0.25, 0.3) is 0 Å². The Morgan fingerprint density at radius 1 is 1.22 bits per heavy atom. The maximum absolute atomic E-state index is 14.4. The number of fused-ring (bicyclic) bond motifs is 1. The number of nitrogens with zero attached hydrogens (tertiary/aromatic N) is 1. The van der Waals surface area contributed by atoms with Crippen LogP contribution in [0.3, 0.4) is 0 Å². The van der Waals surface area contributed by atoms with Crippen LogP contribution in [-0.2, 0) is 17.6 Å². The Kier molecular flexibility index (Phi) is 6.81. The molecule has 1 aliphatic heterocycles. The summed E-state index contributed by atoms with van der Waals surface area (Å²) in [7, 11) is 0. The van der Waals surface area contributed by atoms with Gasteiger partial charge >= 0.3 is 5.97 Å². The van der Waals surface area contributed by atoms with E-state index in [0.717, 1.165) is 29.9 Å². The van der Waals surface area contributed by atoms with E-state index in [0.29, 0.717) is 18.9 Å². The number of carbonyl (C=O) groups is 1.